The van der Waals surface area contributed by atoms with Gasteiger partial charge in [0.1, 0.15) is 0 Å². The molecule has 0 atom stereocenters. The number of non-ortho nitro benzene ring substituents is 1. The molecular weight excluding hydrogens is 404 g/mol. The largest absolute Gasteiger partial charge is 0.289 e. The molecule has 3 aromatic carbocycles. The van der Waals surface area contributed by atoms with Crippen molar-refractivity contribution in [3.63, 3.8) is 0 Å². The molecule has 0 aliphatic rings. The van der Waals surface area contributed by atoms with Crippen LogP contribution in [0.25, 0.3) is 10.9 Å². The molecule has 150 valence electrons. The molecule has 1 aromatic heterocycles. The molecule has 8 heteroatoms. The average Bonchev–Trinajstić information content (AvgIpc) is 3.14. The first-order valence-electron chi connectivity index (χ1n) is 9.00. The first-order valence-corrected chi connectivity index (χ1v) is 10.4. The van der Waals surface area contributed by atoms with Crippen molar-refractivity contribution in [2.75, 3.05) is 0 Å². The van der Waals surface area contributed by atoms with Gasteiger partial charge in [0.25, 0.3) is 15.7 Å². The summed E-state index contributed by atoms with van der Waals surface area (Å²) in [6.07, 6.45) is 1.31. The van der Waals surface area contributed by atoms with Crippen molar-refractivity contribution in [2.24, 2.45) is 0 Å². The lowest BCUT2D eigenvalue weighted by Gasteiger charge is -2.07. The van der Waals surface area contributed by atoms with Gasteiger partial charge >= 0.3 is 0 Å². The molecule has 0 bridgehead atoms. The van der Waals surface area contributed by atoms with E-state index >= 15 is 0 Å². The number of fused-ring (bicyclic) bond motifs is 1. The van der Waals surface area contributed by atoms with E-state index in [4.69, 9.17) is 0 Å². The van der Waals surface area contributed by atoms with E-state index in [1.165, 1.54) is 42.6 Å². The minimum Gasteiger partial charge on any atom is -0.289 e. The number of rotatable bonds is 5. The summed E-state index contributed by atoms with van der Waals surface area (Å²) in [5.41, 5.74) is 1.62. The Hall–Kier alpha value is -3.78. The van der Waals surface area contributed by atoms with Crippen LogP contribution < -0.4 is 0 Å². The number of nitro groups is 1. The number of para-hydroxylation sites is 1. The lowest BCUT2D eigenvalue weighted by atomic mass is 10.0. The van der Waals surface area contributed by atoms with Crippen LogP contribution in [0.2, 0.25) is 0 Å². The third-order valence-corrected chi connectivity index (χ3v) is 6.53. The maximum atomic E-state index is 13.2. The van der Waals surface area contributed by atoms with E-state index in [2.05, 4.69) is 0 Å². The second kappa shape index (κ2) is 7.23. The quantitative estimate of drug-likeness (QED) is 0.272. The van der Waals surface area contributed by atoms with E-state index in [-0.39, 0.29) is 21.7 Å². The Morgan fingerprint density at radius 3 is 2.20 bits per heavy atom. The third kappa shape index (κ3) is 3.27. The zero-order valence-electron chi connectivity index (χ0n) is 15.8. The second-order valence-electron chi connectivity index (χ2n) is 6.81. The van der Waals surface area contributed by atoms with Crippen LogP contribution >= 0.6 is 0 Å². The highest BCUT2D eigenvalue weighted by atomic mass is 32.2. The van der Waals surface area contributed by atoms with Crippen LogP contribution in [0.4, 0.5) is 5.69 Å². The van der Waals surface area contributed by atoms with Crippen molar-refractivity contribution in [3.8, 4) is 0 Å². The van der Waals surface area contributed by atoms with Gasteiger partial charge in [-0.15, -0.1) is 0 Å². The molecule has 0 N–H and O–H groups in total. The van der Waals surface area contributed by atoms with E-state index < -0.39 is 20.7 Å². The topological polar surface area (TPSA) is 99.3 Å². The van der Waals surface area contributed by atoms with E-state index in [0.717, 1.165) is 9.54 Å². The van der Waals surface area contributed by atoms with E-state index in [1.54, 1.807) is 36.4 Å². The molecule has 4 aromatic rings. The Kier molecular flexibility index (Phi) is 4.71. The van der Waals surface area contributed by atoms with Crippen LogP contribution in [0, 0.1) is 17.0 Å². The molecule has 1 heterocycles. The molecule has 0 saturated heterocycles. The zero-order valence-corrected chi connectivity index (χ0v) is 16.7. The number of ketones is 1. The van der Waals surface area contributed by atoms with Crippen molar-refractivity contribution in [1.29, 1.82) is 0 Å². The molecule has 0 unspecified atom stereocenters. The molecule has 0 amide bonds. The second-order valence-corrected chi connectivity index (χ2v) is 8.62. The molecule has 0 fully saturated rings. The molecular formula is C22H16N2O5S. The fourth-order valence-electron chi connectivity index (χ4n) is 3.24. The number of aromatic nitrogens is 1. The van der Waals surface area contributed by atoms with Gasteiger partial charge in [0.15, 0.2) is 5.78 Å². The van der Waals surface area contributed by atoms with Gasteiger partial charge in [-0.1, -0.05) is 35.9 Å². The number of nitro benzene ring substituents is 1. The summed E-state index contributed by atoms with van der Waals surface area (Å²) < 4.78 is 27.6. The normalized spacial score (nSPS) is 11.5. The Bertz CT molecular complexity index is 1390. The monoisotopic (exact) mass is 420 g/mol. The highest BCUT2D eigenvalue weighted by Crippen LogP contribution is 2.28. The smallest absolute Gasteiger partial charge is 0.269 e. The lowest BCUT2D eigenvalue weighted by Crippen LogP contribution is -2.12. The number of hydrogen-bond donors (Lipinski definition) is 0. The van der Waals surface area contributed by atoms with Gasteiger partial charge < -0.3 is 0 Å². The summed E-state index contributed by atoms with van der Waals surface area (Å²) in [6.45, 7) is 1.86. The molecule has 0 aliphatic heterocycles. The maximum Gasteiger partial charge on any atom is 0.269 e. The molecule has 0 spiro atoms. The van der Waals surface area contributed by atoms with E-state index in [9.17, 15) is 23.3 Å². The maximum absolute atomic E-state index is 13.2. The highest BCUT2D eigenvalue weighted by Gasteiger charge is 2.24. The highest BCUT2D eigenvalue weighted by molar-refractivity contribution is 7.90. The molecule has 0 radical (unpaired) electrons. The van der Waals surface area contributed by atoms with E-state index in [1.807, 2.05) is 6.92 Å². The van der Waals surface area contributed by atoms with Gasteiger partial charge in [0, 0.05) is 34.8 Å². The van der Waals surface area contributed by atoms with Gasteiger partial charge in [-0.2, -0.15) is 0 Å². The fraction of sp³-hybridized carbons (Fsp3) is 0.0455. The summed E-state index contributed by atoms with van der Waals surface area (Å²) in [4.78, 5) is 23.5. The van der Waals surface area contributed by atoms with E-state index in [0.29, 0.717) is 10.9 Å². The first-order chi connectivity index (χ1) is 14.3. The van der Waals surface area contributed by atoms with Crippen LogP contribution in [0.5, 0.6) is 0 Å². The Morgan fingerprint density at radius 1 is 0.933 bits per heavy atom. The predicted molar refractivity (Wildman–Crippen MR) is 112 cm³/mol. The van der Waals surface area contributed by atoms with Gasteiger partial charge in [-0.3, -0.25) is 14.9 Å². The minimum absolute atomic E-state index is 0.114. The van der Waals surface area contributed by atoms with Crippen molar-refractivity contribution in [2.45, 2.75) is 11.8 Å². The number of benzene rings is 3. The van der Waals surface area contributed by atoms with Gasteiger partial charge in [0.2, 0.25) is 0 Å². The van der Waals surface area contributed by atoms with Crippen molar-refractivity contribution < 1.29 is 18.1 Å². The van der Waals surface area contributed by atoms with Gasteiger partial charge in [-0.05, 0) is 37.3 Å². The van der Waals surface area contributed by atoms with Crippen LogP contribution in [-0.4, -0.2) is 23.1 Å². The lowest BCUT2D eigenvalue weighted by molar-refractivity contribution is -0.384. The molecule has 4 rings (SSSR count). The Morgan fingerprint density at radius 2 is 1.57 bits per heavy atom. The SMILES string of the molecule is Cc1ccc(S(=O)(=O)n2cc(C(=O)c3ccc([N+](=O)[O-])cc3)c3ccccc32)cc1. The summed E-state index contributed by atoms with van der Waals surface area (Å²) in [6, 6.07) is 18.4. The number of carbonyl (C=O) groups is 1. The van der Waals surface area contributed by atoms with Crippen molar-refractivity contribution in [3.05, 3.63) is 106 Å². The summed E-state index contributed by atoms with van der Waals surface area (Å²) in [7, 11) is -3.92. The number of nitrogens with zero attached hydrogens (tertiary/aromatic N) is 2. The molecule has 7 nitrogen and oxygen atoms in total. The van der Waals surface area contributed by atoms with Crippen molar-refractivity contribution in [1.82, 2.24) is 3.97 Å². The van der Waals surface area contributed by atoms with Crippen LogP contribution in [0.15, 0.2) is 83.9 Å². The number of aryl methyl sites for hydroxylation is 1. The van der Waals surface area contributed by atoms with Gasteiger partial charge in [-0.25, -0.2) is 12.4 Å². The summed E-state index contributed by atoms with van der Waals surface area (Å²) in [5.74, 6) is -0.418. The molecule has 0 aliphatic carbocycles. The van der Waals surface area contributed by atoms with Crippen LogP contribution in [-0.2, 0) is 10.0 Å². The standard InChI is InChI=1S/C22H16N2O5S/c1-15-6-12-18(13-7-15)30(28,29)23-14-20(19-4-2-3-5-21(19)23)22(25)16-8-10-17(11-9-16)24(26)27/h2-14H,1H3. The van der Waals surface area contributed by atoms with Gasteiger partial charge in [0.05, 0.1) is 15.3 Å². The summed E-state index contributed by atoms with van der Waals surface area (Å²) in [5, 5.41) is 11.3. The Balaban J connectivity index is 1.86. The third-order valence-electron chi connectivity index (χ3n) is 4.84. The Labute approximate surface area is 172 Å². The number of hydrogen-bond acceptors (Lipinski definition) is 5. The fourth-order valence-corrected chi connectivity index (χ4v) is 4.61. The minimum atomic E-state index is -3.92. The first kappa shape index (κ1) is 19.5. The number of carbonyl (C=O) groups excluding carboxylic acids is 1. The van der Waals surface area contributed by atoms with Crippen LogP contribution in [0.1, 0.15) is 21.5 Å². The van der Waals surface area contributed by atoms with Crippen LogP contribution in [0.3, 0.4) is 0 Å². The predicted octanol–water partition coefficient (Wildman–Crippen LogP) is 4.33. The van der Waals surface area contributed by atoms with Crippen molar-refractivity contribution >= 4 is 32.4 Å². The zero-order chi connectivity index (χ0) is 21.5. The molecule has 0 saturated carbocycles. The molecule has 30 heavy (non-hydrogen) atoms. The average molecular weight is 420 g/mol. The summed E-state index contributed by atoms with van der Waals surface area (Å²) >= 11 is 0.